The number of carbonyl (C=O) groups is 1. The predicted molar refractivity (Wildman–Crippen MR) is 66.6 cm³/mol. The van der Waals surface area contributed by atoms with Gasteiger partial charge in [-0.25, -0.2) is 0 Å². The molecule has 5 nitrogen and oxygen atoms in total. The minimum atomic E-state index is -4.52. The molecule has 0 aliphatic carbocycles. The number of alkyl halides is 3. The van der Waals surface area contributed by atoms with Crippen LogP contribution in [-0.2, 0) is 11.0 Å². The summed E-state index contributed by atoms with van der Waals surface area (Å²) in [6.45, 7) is 4.14. The van der Waals surface area contributed by atoms with Gasteiger partial charge >= 0.3 is 12.1 Å². The van der Waals surface area contributed by atoms with Gasteiger partial charge in [-0.1, -0.05) is 25.2 Å². The molecule has 2 heterocycles. The van der Waals surface area contributed by atoms with Gasteiger partial charge in [0, 0.05) is 13.1 Å². The van der Waals surface area contributed by atoms with E-state index in [1.807, 2.05) is 0 Å². The standard InChI is InChI=1S/C11H14F3N3O2S/c1-6(2)10(8(18)19)3-4-17(5-10)9-16-15-7(20-9)11(12,13)14/h6H,3-5H2,1-2H3,(H,18,19). The zero-order valence-electron chi connectivity index (χ0n) is 10.9. The van der Waals surface area contributed by atoms with Crippen molar-refractivity contribution in [1.82, 2.24) is 10.2 Å². The van der Waals surface area contributed by atoms with Gasteiger partial charge in [0.1, 0.15) is 0 Å². The quantitative estimate of drug-likeness (QED) is 0.929. The molecule has 1 unspecified atom stereocenters. The second-order valence-electron chi connectivity index (χ2n) is 5.18. The lowest BCUT2D eigenvalue weighted by molar-refractivity contribution is -0.150. The first-order valence-corrected chi connectivity index (χ1v) is 6.87. The number of carboxylic acid groups (broad SMARTS) is 1. The van der Waals surface area contributed by atoms with Crippen molar-refractivity contribution < 1.29 is 23.1 Å². The zero-order chi connectivity index (χ0) is 15.1. The van der Waals surface area contributed by atoms with Crippen molar-refractivity contribution in [2.45, 2.75) is 26.4 Å². The first kappa shape index (κ1) is 15.0. The minimum absolute atomic E-state index is 0.111. The summed E-state index contributed by atoms with van der Waals surface area (Å²) in [5, 5.41) is 15.2. The number of carboxylic acids is 1. The van der Waals surface area contributed by atoms with Crippen molar-refractivity contribution in [3.05, 3.63) is 5.01 Å². The predicted octanol–water partition coefficient (Wildman–Crippen LogP) is 2.49. The summed E-state index contributed by atoms with van der Waals surface area (Å²) >= 11 is 0.447. The maximum Gasteiger partial charge on any atom is 0.445 e. The van der Waals surface area contributed by atoms with E-state index in [1.54, 1.807) is 18.7 Å². The first-order chi connectivity index (χ1) is 9.17. The number of aliphatic carboxylic acids is 1. The molecule has 0 bridgehead atoms. The SMILES string of the molecule is CC(C)C1(C(=O)O)CCN(c2nnc(C(F)(F)F)s2)C1. The Hall–Kier alpha value is -1.38. The highest BCUT2D eigenvalue weighted by molar-refractivity contribution is 7.15. The minimum Gasteiger partial charge on any atom is -0.481 e. The Kier molecular flexibility index (Phi) is 3.66. The molecule has 1 saturated heterocycles. The summed E-state index contributed by atoms with van der Waals surface area (Å²) in [5.74, 6) is -1.03. The van der Waals surface area contributed by atoms with Crippen LogP contribution < -0.4 is 4.90 Å². The molecule has 1 N–H and O–H groups in total. The highest BCUT2D eigenvalue weighted by Gasteiger charge is 2.48. The second-order valence-corrected chi connectivity index (χ2v) is 6.13. The van der Waals surface area contributed by atoms with Gasteiger partial charge in [0.2, 0.25) is 10.1 Å². The molecule has 1 aliphatic heterocycles. The van der Waals surface area contributed by atoms with Gasteiger partial charge in [-0.05, 0) is 12.3 Å². The molecule has 112 valence electrons. The fraction of sp³-hybridized carbons (Fsp3) is 0.727. The van der Waals surface area contributed by atoms with Gasteiger partial charge < -0.3 is 10.0 Å². The van der Waals surface area contributed by atoms with Crippen molar-refractivity contribution in [1.29, 1.82) is 0 Å². The Morgan fingerprint density at radius 3 is 2.50 bits per heavy atom. The Morgan fingerprint density at radius 1 is 1.45 bits per heavy atom. The smallest absolute Gasteiger partial charge is 0.445 e. The van der Waals surface area contributed by atoms with E-state index >= 15 is 0 Å². The topological polar surface area (TPSA) is 66.3 Å². The van der Waals surface area contributed by atoms with Crippen LogP contribution in [0.25, 0.3) is 0 Å². The summed E-state index contributed by atoms with van der Waals surface area (Å²) in [5.41, 5.74) is -0.940. The number of nitrogens with zero attached hydrogens (tertiary/aromatic N) is 3. The van der Waals surface area contributed by atoms with E-state index in [4.69, 9.17) is 0 Å². The Bertz CT molecular complexity index is 517. The highest BCUT2D eigenvalue weighted by atomic mass is 32.1. The van der Waals surface area contributed by atoms with Gasteiger partial charge in [0.25, 0.3) is 0 Å². The van der Waals surface area contributed by atoms with Crippen LogP contribution in [0.3, 0.4) is 0 Å². The lowest BCUT2D eigenvalue weighted by Crippen LogP contribution is -2.39. The number of halogens is 3. The summed E-state index contributed by atoms with van der Waals surface area (Å²) in [6, 6.07) is 0. The molecule has 0 saturated carbocycles. The van der Waals surface area contributed by atoms with Crippen LogP contribution in [0, 0.1) is 11.3 Å². The number of anilines is 1. The fourth-order valence-electron chi connectivity index (χ4n) is 2.35. The lowest BCUT2D eigenvalue weighted by atomic mass is 9.76. The van der Waals surface area contributed by atoms with Crippen LogP contribution in [-0.4, -0.2) is 34.4 Å². The van der Waals surface area contributed by atoms with Gasteiger partial charge in [0.15, 0.2) is 0 Å². The number of aromatic nitrogens is 2. The monoisotopic (exact) mass is 309 g/mol. The third-order valence-electron chi connectivity index (χ3n) is 3.76. The van der Waals surface area contributed by atoms with Gasteiger partial charge in [-0.15, -0.1) is 10.2 Å². The number of hydrogen-bond acceptors (Lipinski definition) is 5. The van der Waals surface area contributed by atoms with E-state index in [0.29, 0.717) is 24.3 Å². The Balaban J connectivity index is 2.21. The molecule has 20 heavy (non-hydrogen) atoms. The number of hydrogen-bond donors (Lipinski definition) is 1. The van der Waals surface area contributed by atoms with E-state index in [1.165, 1.54) is 0 Å². The zero-order valence-corrected chi connectivity index (χ0v) is 11.8. The highest BCUT2D eigenvalue weighted by Crippen LogP contribution is 2.42. The average Bonchev–Trinajstić information content (AvgIpc) is 2.95. The molecule has 1 atom stereocenters. The summed E-state index contributed by atoms with van der Waals surface area (Å²) in [4.78, 5) is 13.0. The fourth-order valence-corrected chi connectivity index (χ4v) is 3.08. The third-order valence-corrected chi connectivity index (χ3v) is 4.79. The van der Waals surface area contributed by atoms with Crippen molar-refractivity contribution in [3.8, 4) is 0 Å². The molecule has 1 aliphatic rings. The summed E-state index contributed by atoms with van der Waals surface area (Å²) in [6.07, 6.45) is -4.13. The van der Waals surface area contributed by atoms with Crippen molar-refractivity contribution >= 4 is 22.4 Å². The van der Waals surface area contributed by atoms with E-state index in [9.17, 15) is 23.1 Å². The van der Waals surface area contributed by atoms with E-state index in [0.717, 1.165) is 0 Å². The molecule has 9 heteroatoms. The number of rotatable bonds is 3. The van der Waals surface area contributed by atoms with Crippen LogP contribution in [0.5, 0.6) is 0 Å². The van der Waals surface area contributed by atoms with Crippen molar-refractivity contribution in [2.75, 3.05) is 18.0 Å². The maximum atomic E-state index is 12.5. The molecule has 0 amide bonds. The average molecular weight is 309 g/mol. The molecular formula is C11H14F3N3O2S. The van der Waals surface area contributed by atoms with Gasteiger partial charge in [-0.3, -0.25) is 4.79 Å². The molecule has 1 aromatic rings. The molecule has 0 aromatic carbocycles. The molecule has 2 rings (SSSR count). The largest absolute Gasteiger partial charge is 0.481 e. The third kappa shape index (κ3) is 2.46. The molecule has 1 aromatic heterocycles. The van der Waals surface area contributed by atoms with Crippen molar-refractivity contribution in [3.63, 3.8) is 0 Å². The molecule has 1 fully saturated rings. The van der Waals surface area contributed by atoms with Crippen LogP contribution in [0.15, 0.2) is 0 Å². The molecule has 0 spiro atoms. The van der Waals surface area contributed by atoms with E-state index < -0.39 is 22.6 Å². The van der Waals surface area contributed by atoms with Gasteiger partial charge in [0.05, 0.1) is 5.41 Å². The van der Waals surface area contributed by atoms with E-state index in [-0.39, 0.29) is 17.6 Å². The lowest BCUT2D eigenvalue weighted by Gasteiger charge is -2.28. The second kappa shape index (κ2) is 4.87. The summed E-state index contributed by atoms with van der Waals surface area (Å²) < 4.78 is 37.5. The van der Waals surface area contributed by atoms with Gasteiger partial charge in [-0.2, -0.15) is 13.2 Å². The molecular weight excluding hydrogens is 295 g/mol. The van der Waals surface area contributed by atoms with Crippen LogP contribution >= 0.6 is 11.3 Å². The maximum absolute atomic E-state index is 12.5. The summed E-state index contributed by atoms with van der Waals surface area (Å²) in [7, 11) is 0. The van der Waals surface area contributed by atoms with Crippen molar-refractivity contribution in [2.24, 2.45) is 11.3 Å². The van der Waals surface area contributed by atoms with Crippen LogP contribution in [0.2, 0.25) is 0 Å². The van der Waals surface area contributed by atoms with Crippen LogP contribution in [0.1, 0.15) is 25.3 Å². The first-order valence-electron chi connectivity index (χ1n) is 6.06. The Morgan fingerprint density at radius 2 is 2.10 bits per heavy atom. The Labute approximate surface area is 117 Å². The molecule has 0 radical (unpaired) electrons. The normalized spacial score (nSPS) is 23.6. The van der Waals surface area contributed by atoms with E-state index in [2.05, 4.69) is 10.2 Å². The van der Waals surface area contributed by atoms with Crippen LogP contribution in [0.4, 0.5) is 18.3 Å².